The Labute approximate surface area is 294 Å². The first kappa shape index (κ1) is 35.6. The summed E-state index contributed by atoms with van der Waals surface area (Å²) in [6.45, 7) is 1.82. The van der Waals surface area contributed by atoms with Gasteiger partial charge in [-0.1, -0.05) is 12.0 Å². The van der Waals surface area contributed by atoms with Gasteiger partial charge in [0.1, 0.15) is 29.9 Å². The number of alkyl halides is 3. The van der Waals surface area contributed by atoms with Crippen molar-refractivity contribution in [3.8, 4) is 35.2 Å². The van der Waals surface area contributed by atoms with Crippen LogP contribution in [0.5, 0.6) is 11.8 Å². The van der Waals surface area contributed by atoms with Crippen LogP contribution in [0.3, 0.4) is 0 Å². The van der Waals surface area contributed by atoms with Gasteiger partial charge in [-0.05, 0) is 61.4 Å². The lowest BCUT2D eigenvalue weighted by atomic mass is 9.90. The van der Waals surface area contributed by atoms with Crippen molar-refractivity contribution in [2.45, 2.75) is 62.3 Å². The molecule has 5 heterocycles. The van der Waals surface area contributed by atoms with Gasteiger partial charge in [0.25, 0.3) is 12.9 Å². The zero-order valence-electron chi connectivity index (χ0n) is 28.1. The number of nitrogens with one attached hydrogen (secondary N) is 1. The number of methoxy groups -OCH3 is 1. The van der Waals surface area contributed by atoms with E-state index in [9.17, 15) is 13.2 Å². The smallest absolute Gasteiger partial charge is 0.319 e. The fraction of sp³-hybridized carbons (Fsp3) is 0.432. The lowest BCUT2D eigenvalue weighted by Crippen LogP contribution is -2.51. The molecular formula is C37H35F6N5O4. The third kappa shape index (κ3) is 6.01. The van der Waals surface area contributed by atoms with Gasteiger partial charge in [0.2, 0.25) is 0 Å². The Balaban J connectivity index is 0.00000136. The number of rotatable bonds is 7. The molecule has 0 radical (unpaired) electrons. The molecular weight excluding hydrogens is 692 g/mol. The predicted molar refractivity (Wildman–Crippen MR) is 181 cm³/mol. The minimum atomic E-state index is -3.01. The number of hydrogen-bond donors (Lipinski definition) is 2. The van der Waals surface area contributed by atoms with E-state index in [1.807, 2.05) is 4.90 Å². The van der Waals surface area contributed by atoms with E-state index in [1.165, 1.54) is 13.2 Å². The van der Waals surface area contributed by atoms with Gasteiger partial charge in [-0.15, -0.1) is 6.42 Å². The first-order chi connectivity index (χ1) is 25.0. The minimum absolute atomic E-state index is 0.0575. The molecule has 4 atom stereocenters. The van der Waals surface area contributed by atoms with Gasteiger partial charge in [-0.3, -0.25) is 9.69 Å². The second kappa shape index (κ2) is 14.0. The third-order valence-electron chi connectivity index (χ3n) is 10.6. The number of nitrogens with zero attached hydrogens (tertiary/aromatic N) is 4. The Morgan fingerprint density at radius 1 is 1.12 bits per heavy atom. The highest BCUT2D eigenvalue weighted by Gasteiger charge is 2.49. The van der Waals surface area contributed by atoms with Crippen LogP contribution in [0.2, 0.25) is 0 Å². The van der Waals surface area contributed by atoms with E-state index in [0.717, 1.165) is 44.0 Å². The van der Waals surface area contributed by atoms with Crippen LogP contribution < -0.4 is 19.7 Å². The molecule has 0 aliphatic carbocycles. The van der Waals surface area contributed by atoms with Crippen molar-refractivity contribution in [3.63, 3.8) is 0 Å². The van der Waals surface area contributed by atoms with Crippen LogP contribution in [-0.4, -0.2) is 90.1 Å². The highest BCUT2D eigenvalue weighted by molar-refractivity contribution is 6.05. The van der Waals surface area contributed by atoms with Crippen LogP contribution in [0.25, 0.3) is 32.8 Å². The number of ether oxygens (including phenoxy) is 2. The number of carbonyl (C=O) groups is 1. The van der Waals surface area contributed by atoms with Crippen LogP contribution in [0.15, 0.2) is 24.3 Å². The van der Waals surface area contributed by atoms with Crippen LogP contribution in [-0.2, 0) is 4.79 Å². The van der Waals surface area contributed by atoms with Crippen LogP contribution in [0.1, 0.15) is 49.7 Å². The Kier molecular flexibility index (Phi) is 9.56. The third-order valence-corrected chi connectivity index (χ3v) is 10.6. The Hall–Kier alpha value is -4.81. The molecule has 0 saturated carbocycles. The monoisotopic (exact) mass is 727 g/mol. The summed E-state index contributed by atoms with van der Waals surface area (Å²) in [5, 5.41) is 10.3. The highest BCUT2D eigenvalue weighted by atomic mass is 19.3. The van der Waals surface area contributed by atoms with Crippen molar-refractivity contribution in [2.24, 2.45) is 0 Å². The van der Waals surface area contributed by atoms with Gasteiger partial charge >= 0.3 is 6.01 Å². The van der Waals surface area contributed by atoms with Crippen LogP contribution in [0.4, 0.5) is 32.2 Å². The largest absolute Gasteiger partial charge is 0.493 e. The fourth-order valence-electron chi connectivity index (χ4n) is 8.50. The second-order valence-electron chi connectivity index (χ2n) is 13.6. The molecule has 4 fully saturated rings. The van der Waals surface area contributed by atoms with E-state index in [0.29, 0.717) is 26.1 Å². The maximum absolute atomic E-state index is 17.2. The molecule has 3 aromatic carbocycles. The van der Waals surface area contributed by atoms with Gasteiger partial charge in [0.05, 0.1) is 29.2 Å². The normalized spacial score (nSPS) is 23.8. The lowest BCUT2D eigenvalue weighted by molar-refractivity contribution is -0.122. The average Bonchev–Trinajstić information content (AvgIpc) is 3.77. The number of fused-ring (bicyclic) bond motifs is 5. The summed E-state index contributed by atoms with van der Waals surface area (Å²) < 4.78 is 104. The van der Waals surface area contributed by atoms with Gasteiger partial charge in [0, 0.05) is 49.1 Å². The predicted octanol–water partition coefficient (Wildman–Crippen LogP) is 6.39. The zero-order chi connectivity index (χ0) is 36.9. The van der Waals surface area contributed by atoms with E-state index < -0.39 is 52.5 Å². The molecule has 4 aromatic rings. The maximum Gasteiger partial charge on any atom is 0.319 e. The molecule has 52 heavy (non-hydrogen) atoms. The molecule has 274 valence electrons. The van der Waals surface area contributed by atoms with E-state index in [4.69, 9.17) is 30.8 Å². The average molecular weight is 728 g/mol. The van der Waals surface area contributed by atoms with Crippen molar-refractivity contribution < 1.29 is 45.7 Å². The standard InChI is InChI=1S/C36H33F6N5O2.CH2O2/c1-3-23-25(38)8-5-18-11-19(33(41)42)12-24(26(18)23)27-29(39)31-28(32(48-2)30(27)40)34(46-15-21-6-7-22(16-46)43-21)45-35(44-31)49-17-36-9-4-10-47(36)14-20(37)13-36;2-1-3/h1,5,8,11-12,20-22,33,43H,4,6-7,9-10,13-17H2,2H3;1H,(H,2,3)/t20-,21?,22?,36+;/m1./s1. The number of hydrogen-bond acceptors (Lipinski definition) is 8. The molecule has 15 heteroatoms. The molecule has 4 aliphatic rings. The number of aromatic nitrogens is 2. The van der Waals surface area contributed by atoms with E-state index >= 15 is 13.2 Å². The molecule has 0 spiro atoms. The van der Waals surface area contributed by atoms with Crippen LogP contribution >= 0.6 is 0 Å². The zero-order valence-corrected chi connectivity index (χ0v) is 28.1. The minimum Gasteiger partial charge on any atom is -0.493 e. The number of benzene rings is 3. The number of carboxylic acid groups (broad SMARTS) is 1. The molecule has 0 amide bonds. The summed E-state index contributed by atoms with van der Waals surface area (Å²) in [5.41, 5.74) is -2.94. The molecule has 2 N–H and O–H groups in total. The summed E-state index contributed by atoms with van der Waals surface area (Å²) in [7, 11) is 1.21. The molecule has 2 unspecified atom stereocenters. The molecule has 9 nitrogen and oxygen atoms in total. The van der Waals surface area contributed by atoms with Crippen molar-refractivity contribution in [1.82, 2.24) is 20.2 Å². The lowest BCUT2D eigenvalue weighted by Gasteiger charge is -2.35. The summed E-state index contributed by atoms with van der Waals surface area (Å²) >= 11 is 0. The molecule has 4 aliphatic heterocycles. The summed E-state index contributed by atoms with van der Waals surface area (Å²) in [5.74, 6) is -1.27. The summed E-state index contributed by atoms with van der Waals surface area (Å²) in [6.07, 6.45) is 5.34. The molecule has 8 rings (SSSR count). The SMILES string of the molecule is C#Cc1c(F)ccc2cc(C(F)F)cc(-c3c(F)c(OC)c4c(N5CC6CCC(C5)N6)nc(OC[C@@]56CCCN5C[C@H](F)C6)nc4c3F)c12.O=CO. The van der Waals surface area contributed by atoms with Gasteiger partial charge in [-0.2, -0.15) is 9.97 Å². The van der Waals surface area contributed by atoms with Gasteiger partial charge in [-0.25, -0.2) is 26.3 Å². The molecule has 1 aromatic heterocycles. The molecule has 2 bridgehead atoms. The number of anilines is 1. The van der Waals surface area contributed by atoms with Crippen molar-refractivity contribution >= 4 is 34.0 Å². The topological polar surface area (TPSA) is 100 Å². The van der Waals surface area contributed by atoms with E-state index in [1.54, 1.807) is 0 Å². The van der Waals surface area contributed by atoms with E-state index in [-0.39, 0.29) is 76.2 Å². The van der Waals surface area contributed by atoms with Crippen molar-refractivity contribution in [1.29, 1.82) is 0 Å². The quantitative estimate of drug-likeness (QED) is 0.128. The number of terminal acetylenes is 1. The van der Waals surface area contributed by atoms with Crippen LogP contribution in [0, 0.1) is 29.8 Å². The van der Waals surface area contributed by atoms with Gasteiger partial charge < -0.3 is 24.8 Å². The Bertz CT molecular complexity index is 2080. The van der Waals surface area contributed by atoms with Crippen molar-refractivity contribution in [3.05, 3.63) is 52.8 Å². The first-order valence-corrected chi connectivity index (χ1v) is 16.9. The Morgan fingerprint density at radius 3 is 2.52 bits per heavy atom. The summed E-state index contributed by atoms with van der Waals surface area (Å²) in [6, 6.07) is 4.33. The van der Waals surface area contributed by atoms with E-state index in [2.05, 4.69) is 21.1 Å². The highest BCUT2D eigenvalue weighted by Crippen LogP contribution is 2.47. The second-order valence-corrected chi connectivity index (χ2v) is 13.6. The number of halogens is 6. The maximum atomic E-state index is 17.2. The summed E-state index contributed by atoms with van der Waals surface area (Å²) in [4.78, 5) is 21.5. The van der Waals surface area contributed by atoms with Gasteiger partial charge in [0.15, 0.2) is 17.4 Å². The Morgan fingerprint density at radius 2 is 1.85 bits per heavy atom. The fourth-order valence-corrected chi connectivity index (χ4v) is 8.50. The first-order valence-electron chi connectivity index (χ1n) is 16.9. The molecule has 4 saturated heterocycles. The van der Waals surface area contributed by atoms with Crippen molar-refractivity contribution in [2.75, 3.05) is 44.8 Å². The number of piperazine rings is 1.